The largest absolute Gasteiger partial charge is 0.491 e. The zero-order valence-electron chi connectivity index (χ0n) is 18.3. The normalized spacial score (nSPS) is 22.6. The summed E-state index contributed by atoms with van der Waals surface area (Å²) < 4.78 is 11.0. The lowest BCUT2D eigenvalue weighted by atomic mass is 9.74. The van der Waals surface area contributed by atoms with E-state index >= 15 is 0 Å². The van der Waals surface area contributed by atoms with E-state index in [4.69, 9.17) is 9.47 Å². The molecule has 162 valence electrons. The third kappa shape index (κ3) is 3.90. The predicted molar refractivity (Wildman–Crippen MR) is 120 cm³/mol. The lowest BCUT2D eigenvalue weighted by molar-refractivity contribution is -0.151. The van der Waals surface area contributed by atoms with E-state index < -0.39 is 17.9 Å². The SMILES string of the molecule is COC(=O)C1C(=O)C2=C(CC1C)Nc1ccccc1NC2c1ccccc1OC(C)C. The Morgan fingerprint density at radius 1 is 1.06 bits per heavy atom. The smallest absolute Gasteiger partial charge is 0.316 e. The molecule has 0 fully saturated rings. The van der Waals surface area contributed by atoms with Crippen LogP contribution in [0.15, 0.2) is 59.8 Å². The van der Waals surface area contributed by atoms with Gasteiger partial charge in [-0.25, -0.2) is 0 Å². The van der Waals surface area contributed by atoms with Gasteiger partial charge in [-0.15, -0.1) is 0 Å². The van der Waals surface area contributed by atoms with E-state index in [2.05, 4.69) is 10.6 Å². The number of nitrogens with one attached hydrogen (secondary N) is 2. The van der Waals surface area contributed by atoms with Crippen molar-refractivity contribution < 1.29 is 19.1 Å². The van der Waals surface area contributed by atoms with E-state index in [0.717, 1.165) is 22.6 Å². The van der Waals surface area contributed by atoms with Crippen molar-refractivity contribution in [3.8, 4) is 5.75 Å². The molecular weight excluding hydrogens is 392 g/mol. The molecule has 0 bridgehead atoms. The second-order valence-corrected chi connectivity index (χ2v) is 8.39. The summed E-state index contributed by atoms with van der Waals surface area (Å²) in [5, 5.41) is 7.00. The van der Waals surface area contributed by atoms with Gasteiger partial charge in [0.15, 0.2) is 5.78 Å². The lowest BCUT2D eigenvalue weighted by Gasteiger charge is -2.33. The first-order valence-corrected chi connectivity index (χ1v) is 10.6. The molecule has 1 aliphatic heterocycles. The molecule has 0 amide bonds. The minimum Gasteiger partial charge on any atom is -0.491 e. The molecule has 2 aliphatic rings. The molecule has 1 aliphatic carbocycles. The number of hydrogen-bond donors (Lipinski definition) is 2. The van der Waals surface area contributed by atoms with Crippen LogP contribution in [0.3, 0.4) is 0 Å². The number of anilines is 2. The Labute approximate surface area is 182 Å². The summed E-state index contributed by atoms with van der Waals surface area (Å²) in [5.41, 5.74) is 4.03. The van der Waals surface area contributed by atoms with Crippen LogP contribution >= 0.6 is 0 Å². The fourth-order valence-corrected chi connectivity index (χ4v) is 4.45. The number of methoxy groups -OCH3 is 1. The maximum atomic E-state index is 13.7. The van der Waals surface area contributed by atoms with Gasteiger partial charge in [-0.05, 0) is 44.4 Å². The topological polar surface area (TPSA) is 76.7 Å². The van der Waals surface area contributed by atoms with E-state index in [1.807, 2.05) is 69.3 Å². The van der Waals surface area contributed by atoms with Gasteiger partial charge in [0.2, 0.25) is 0 Å². The van der Waals surface area contributed by atoms with E-state index in [-0.39, 0.29) is 17.8 Å². The Kier molecular flexibility index (Phi) is 5.72. The maximum Gasteiger partial charge on any atom is 0.316 e. The van der Waals surface area contributed by atoms with E-state index in [0.29, 0.717) is 17.7 Å². The molecule has 3 atom stereocenters. The molecule has 0 aromatic heterocycles. The molecule has 1 heterocycles. The van der Waals surface area contributed by atoms with Crippen LogP contribution in [0, 0.1) is 11.8 Å². The van der Waals surface area contributed by atoms with Crippen LogP contribution in [-0.2, 0) is 14.3 Å². The van der Waals surface area contributed by atoms with Crippen molar-refractivity contribution in [1.82, 2.24) is 0 Å². The number of benzene rings is 2. The Morgan fingerprint density at radius 2 is 1.74 bits per heavy atom. The van der Waals surface area contributed by atoms with Crippen LogP contribution in [-0.4, -0.2) is 25.0 Å². The zero-order valence-corrected chi connectivity index (χ0v) is 18.3. The van der Waals surface area contributed by atoms with Gasteiger partial charge in [-0.2, -0.15) is 0 Å². The van der Waals surface area contributed by atoms with Crippen LogP contribution in [0.2, 0.25) is 0 Å². The fourth-order valence-electron chi connectivity index (χ4n) is 4.45. The van der Waals surface area contributed by atoms with Gasteiger partial charge in [-0.1, -0.05) is 37.3 Å². The number of Topliss-reactive ketones (excluding diaryl/α,β-unsaturated/α-hetero) is 1. The van der Waals surface area contributed by atoms with Crippen molar-refractivity contribution in [2.45, 2.75) is 39.3 Å². The van der Waals surface area contributed by atoms with Crippen LogP contribution in [0.4, 0.5) is 11.4 Å². The summed E-state index contributed by atoms with van der Waals surface area (Å²) in [6.07, 6.45) is 0.552. The molecule has 0 radical (unpaired) electrons. The summed E-state index contributed by atoms with van der Waals surface area (Å²) in [4.78, 5) is 26.2. The molecule has 6 heteroatoms. The summed E-state index contributed by atoms with van der Waals surface area (Å²) in [5.74, 6) is -0.982. The molecule has 3 unspecified atom stereocenters. The van der Waals surface area contributed by atoms with Gasteiger partial charge in [0.25, 0.3) is 0 Å². The highest BCUT2D eigenvalue weighted by atomic mass is 16.5. The van der Waals surface area contributed by atoms with Crippen molar-refractivity contribution in [2.75, 3.05) is 17.7 Å². The first-order chi connectivity index (χ1) is 14.9. The second-order valence-electron chi connectivity index (χ2n) is 8.39. The minimum atomic E-state index is -0.825. The van der Waals surface area contributed by atoms with E-state index in [1.165, 1.54) is 7.11 Å². The van der Waals surface area contributed by atoms with E-state index in [9.17, 15) is 9.59 Å². The first kappa shape index (κ1) is 21.0. The molecule has 2 N–H and O–H groups in total. The maximum absolute atomic E-state index is 13.7. The Hall–Kier alpha value is -3.28. The highest BCUT2D eigenvalue weighted by Gasteiger charge is 2.44. The van der Waals surface area contributed by atoms with E-state index in [1.54, 1.807) is 0 Å². The number of rotatable bonds is 4. The average Bonchev–Trinajstić information content (AvgIpc) is 2.90. The van der Waals surface area contributed by atoms with Gasteiger partial charge >= 0.3 is 5.97 Å². The molecule has 2 aromatic rings. The second kappa shape index (κ2) is 8.46. The van der Waals surface area contributed by atoms with Crippen LogP contribution in [0.5, 0.6) is 5.75 Å². The number of ketones is 1. The van der Waals surface area contributed by atoms with Gasteiger partial charge < -0.3 is 20.1 Å². The highest BCUT2D eigenvalue weighted by Crippen LogP contribution is 2.45. The summed E-state index contributed by atoms with van der Waals surface area (Å²) in [6, 6.07) is 15.1. The average molecular weight is 421 g/mol. The third-order valence-electron chi connectivity index (χ3n) is 5.82. The van der Waals surface area contributed by atoms with Crippen LogP contribution < -0.4 is 15.4 Å². The summed E-state index contributed by atoms with van der Waals surface area (Å²) in [6.45, 7) is 5.86. The minimum absolute atomic E-state index is 0.0179. The van der Waals surface area contributed by atoms with Gasteiger partial charge in [0.05, 0.1) is 30.6 Å². The Morgan fingerprint density at radius 3 is 2.45 bits per heavy atom. The quantitative estimate of drug-likeness (QED) is 0.551. The number of fused-ring (bicyclic) bond motifs is 1. The fraction of sp³-hybridized carbons (Fsp3) is 0.360. The number of hydrogen-bond acceptors (Lipinski definition) is 6. The van der Waals surface area contributed by atoms with Crippen molar-refractivity contribution in [3.05, 3.63) is 65.4 Å². The molecule has 31 heavy (non-hydrogen) atoms. The molecule has 0 saturated carbocycles. The standard InChI is InChI=1S/C25H28N2O4/c1-14(2)31-20-12-8-5-9-16(20)23-22-19(26-17-10-6-7-11-18(17)27-23)13-15(3)21(24(22)28)25(29)30-4/h5-12,14-15,21,23,26-27H,13H2,1-4H3. The number of carbonyl (C=O) groups is 2. The highest BCUT2D eigenvalue weighted by molar-refractivity contribution is 6.11. The molecule has 0 spiro atoms. The molecule has 4 rings (SSSR count). The van der Waals surface area contributed by atoms with Gasteiger partial charge in [0.1, 0.15) is 11.7 Å². The molecule has 0 saturated heterocycles. The first-order valence-electron chi connectivity index (χ1n) is 10.6. The van der Waals surface area contributed by atoms with Crippen LogP contribution in [0.25, 0.3) is 0 Å². The van der Waals surface area contributed by atoms with Crippen LogP contribution in [0.1, 0.15) is 38.8 Å². The Balaban J connectivity index is 1.89. The molecule has 2 aromatic carbocycles. The third-order valence-corrected chi connectivity index (χ3v) is 5.82. The van der Waals surface area contributed by atoms with Gasteiger partial charge in [0, 0.05) is 16.8 Å². The summed E-state index contributed by atoms with van der Waals surface area (Å²) >= 11 is 0. The molecular formula is C25H28N2O4. The number of carbonyl (C=O) groups excluding carboxylic acids is 2. The number of allylic oxidation sites excluding steroid dienone is 1. The van der Waals surface area contributed by atoms with Crippen molar-refractivity contribution in [1.29, 1.82) is 0 Å². The van der Waals surface area contributed by atoms with Gasteiger partial charge in [-0.3, -0.25) is 9.59 Å². The molecule has 6 nitrogen and oxygen atoms in total. The lowest BCUT2D eigenvalue weighted by Crippen LogP contribution is -2.39. The monoisotopic (exact) mass is 420 g/mol. The zero-order chi connectivity index (χ0) is 22.1. The van der Waals surface area contributed by atoms with Crippen molar-refractivity contribution in [2.24, 2.45) is 11.8 Å². The van der Waals surface area contributed by atoms with Crippen molar-refractivity contribution >= 4 is 23.1 Å². The van der Waals surface area contributed by atoms with Crippen molar-refractivity contribution in [3.63, 3.8) is 0 Å². The number of esters is 1. The number of para-hydroxylation sites is 3. The Bertz CT molecular complexity index is 1040. The predicted octanol–water partition coefficient (Wildman–Crippen LogP) is 4.70. The summed E-state index contributed by atoms with van der Waals surface area (Å²) in [7, 11) is 1.33. The number of ether oxygens (including phenoxy) is 2.